The maximum atomic E-state index is 13.2. The standard InChI is InChI=1S/C24H24FN5O/c1-14-26-11-10-21(27-14)30-13-16-12-18(16)22-19(30)8-9-20(28-22)24(2,3)29-23(31)15-4-6-17(25)7-5-15/h4-11,16,18H,12-13H2,1-3H3,(H,29,31). The Balaban J connectivity index is 1.44. The fraction of sp³-hybridized carbons (Fsp3) is 0.333. The molecule has 0 radical (unpaired) electrons. The second kappa shape index (κ2) is 7.11. The molecule has 31 heavy (non-hydrogen) atoms. The number of fused-ring (bicyclic) bond motifs is 3. The molecule has 1 amide bonds. The first-order valence-corrected chi connectivity index (χ1v) is 10.5. The molecule has 3 aromatic rings. The van der Waals surface area contributed by atoms with Gasteiger partial charge in [-0.1, -0.05) is 0 Å². The lowest BCUT2D eigenvalue weighted by atomic mass is 9.97. The topological polar surface area (TPSA) is 71.0 Å². The van der Waals surface area contributed by atoms with E-state index in [-0.39, 0.29) is 11.7 Å². The Morgan fingerprint density at radius 3 is 2.65 bits per heavy atom. The van der Waals surface area contributed by atoms with E-state index in [1.807, 2.05) is 32.9 Å². The van der Waals surface area contributed by atoms with Crippen molar-refractivity contribution in [3.8, 4) is 0 Å². The van der Waals surface area contributed by atoms with E-state index in [1.165, 1.54) is 24.3 Å². The Morgan fingerprint density at radius 1 is 1.13 bits per heavy atom. The number of aryl methyl sites for hydroxylation is 1. The predicted molar refractivity (Wildman–Crippen MR) is 116 cm³/mol. The molecule has 158 valence electrons. The van der Waals surface area contributed by atoms with Crippen LogP contribution in [-0.2, 0) is 5.54 Å². The minimum Gasteiger partial charge on any atom is -0.342 e. The molecule has 0 saturated heterocycles. The molecular weight excluding hydrogens is 393 g/mol. The van der Waals surface area contributed by atoms with Gasteiger partial charge in [-0.15, -0.1) is 0 Å². The Hall–Kier alpha value is -3.35. The third-order valence-electron chi connectivity index (χ3n) is 6.09. The van der Waals surface area contributed by atoms with Gasteiger partial charge < -0.3 is 10.2 Å². The summed E-state index contributed by atoms with van der Waals surface area (Å²) >= 11 is 0. The summed E-state index contributed by atoms with van der Waals surface area (Å²) in [6, 6.07) is 11.5. The summed E-state index contributed by atoms with van der Waals surface area (Å²) in [5.41, 5.74) is 2.67. The Bertz CT molecular complexity index is 1160. The van der Waals surface area contributed by atoms with Crippen LogP contribution in [0.4, 0.5) is 15.9 Å². The normalized spacial score (nSPS) is 19.4. The summed E-state index contributed by atoms with van der Waals surface area (Å²) in [5, 5.41) is 3.04. The first kappa shape index (κ1) is 19.6. The Labute approximate surface area is 180 Å². The fourth-order valence-electron chi connectivity index (χ4n) is 4.27. The number of carbonyl (C=O) groups excluding carboxylic acids is 1. The molecule has 1 N–H and O–H groups in total. The van der Waals surface area contributed by atoms with Gasteiger partial charge in [-0.3, -0.25) is 9.78 Å². The van der Waals surface area contributed by atoms with E-state index in [2.05, 4.69) is 26.3 Å². The number of amides is 1. The van der Waals surface area contributed by atoms with Gasteiger partial charge in [0, 0.05) is 24.2 Å². The SMILES string of the molecule is Cc1nccc(N2CC3CC3c3nc(C(C)(C)NC(=O)c4ccc(F)cc4)ccc32)n1. The third kappa shape index (κ3) is 3.65. The first-order chi connectivity index (χ1) is 14.8. The van der Waals surface area contributed by atoms with Gasteiger partial charge in [-0.05, 0) is 75.6 Å². The van der Waals surface area contributed by atoms with Gasteiger partial charge in [0.25, 0.3) is 5.91 Å². The smallest absolute Gasteiger partial charge is 0.252 e. The number of anilines is 2. The number of nitrogens with zero attached hydrogens (tertiary/aromatic N) is 4. The monoisotopic (exact) mass is 417 g/mol. The fourth-order valence-corrected chi connectivity index (χ4v) is 4.27. The maximum absolute atomic E-state index is 13.2. The van der Waals surface area contributed by atoms with Crippen molar-refractivity contribution in [1.29, 1.82) is 0 Å². The highest BCUT2D eigenvalue weighted by atomic mass is 19.1. The third-order valence-corrected chi connectivity index (χ3v) is 6.09. The summed E-state index contributed by atoms with van der Waals surface area (Å²) in [6.45, 7) is 6.69. The average Bonchev–Trinajstić information content (AvgIpc) is 3.53. The van der Waals surface area contributed by atoms with Crippen LogP contribution in [0.1, 0.15) is 53.8 Å². The molecule has 5 rings (SSSR count). The van der Waals surface area contributed by atoms with Gasteiger partial charge in [0.05, 0.1) is 22.6 Å². The Morgan fingerprint density at radius 2 is 1.90 bits per heavy atom. The number of aromatic nitrogens is 3. The molecule has 2 atom stereocenters. The number of benzene rings is 1. The van der Waals surface area contributed by atoms with Crippen molar-refractivity contribution in [2.24, 2.45) is 5.92 Å². The zero-order valence-corrected chi connectivity index (χ0v) is 17.8. The van der Waals surface area contributed by atoms with Crippen LogP contribution in [0.3, 0.4) is 0 Å². The second-order valence-electron chi connectivity index (χ2n) is 8.86. The first-order valence-electron chi connectivity index (χ1n) is 10.5. The number of nitrogens with one attached hydrogen (secondary N) is 1. The highest BCUT2D eigenvalue weighted by Crippen LogP contribution is 2.55. The van der Waals surface area contributed by atoms with Crippen molar-refractivity contribution >= 4 is 17.4 Å². The van der Waals surface area contributed by atoms with Crippen molar-refractivity contribution < 1.29 is 9.18 Å². The van der Waals surface area contributed by atoms with Gasteiger partial charge in [-0.25, -0.2) is 14.4 Å². The van der Waals surface area contributed by atoms with Crippen molar-refractivity contribution in [3.63, 3.8) is 0 Å². The van der Waals surface area contributed by atoms with E-state index in [0.717, 1.165) is 41.7 Å². The van der Waals surface area contributed by atoms with Crippen LogP contribution < -0.4 is 10.2 Å². The molecule has 7 heteroatoms. The highest BCUT2D eigenvalue weighted by molar-refractivity contribution is 5.94. The number of pyridine rings is 1. The predicted octanol–water partition coefficient (Wildman–Crippen LogP) is 4.24. The number of carbonyl (C=O) groups is 1. The van der Waals surface area contributed by atoms with E-state index in [1.54, 1.807) is 6.20 Å². The molecule has 0 spiro atoms. The molecule has 3 heterocycles. The summed E-state index contributed by atoms with van der Waals surface area (Å²) in [7, 11) is 0. The van der Waals surface area contributed by atoms with Crippen LogP contribution in [-0.4, -0.2) is 27.4 Å². The number of hydrogen-bond donors (Lipinski definition) is 1. The molecule has 1 aliphatic carbocycles. The van der Waals surface area contributed by atoms with Gasteiger partial charge >= 0.3 is 0 Å². The van der Waals surface area contributed by atoms with Gasteiger partial charge in [-0.2, -0.15) is 0 Å². The van der Waals surface area contributed by atoms with Crippen molar-refractivity contribution in [3.05, 3.63) is 77.3 Å². The largest absolute Gasteiger partial charge is 0.342 e. The molecule has 1 fully saturated rings. The van der Waals surface area contributed by atoms with E-state index in [9.17, 15) is 9.18 Å². The second-order valence-corrected chi connectivity index (χ2v) is 8.86. The van der Waals surface area contributed by atoms with E-state index in [0.29, 0.717) is 17.4 Å². The molecule has 2 aliphatic rings. The maximum Gasteiger partial charge on any atom is 0.252 e. The molecule has 1 aliphatic heterocycles. The lowest BCUT2D eigenvalue weighted by Crippen LogP contribution is -2.42. The summed E-state index contributed by atoms with van der Waals surface area (Å²) < 4.78 is 13.2. The number of rotatable bonds is 4. The van der Waals surface area contributed by atoms with Gasteiger partial charge in [0.1, 0.15) is 17.5 Å². The summed E-state index contributed by atoms with van der Waals surface area (Å²) in [6.07, 6.45) is 2.90. The average molecular weight is 417 g/mol. The molecule has 2 unspecified atom stereocenters. The molecule has 2 aromatic heterocycles. The molecule has 6 nitrogen and oxygen atoms in total. The van der Waals surface area contributed by atoms with Crippen LogP contribution in [0.2, 0.25) is 0 Å². The van der Waals surface area contributed by atoms with Crippen LogP contribution in [0.25, 0.3) is 0 Å². The summed E-state index contributed by atoms with van der Waals surface area (Å²) in [5.74, 6) is 2.03. The van der Waals surface area contributed by atoms with Gasteiger partial charge in [0.2, 0.25) is 0 Å². The minimum absolute atomic E-state index is 0.257. The van der Waals surface area contributed by atoms with E-state index < -0.39 is 5.54 Å². The molecule has 1 aromatic carbocycles. The van der Waals surface area contributed by atoms with Crippen molar-refractivity contribution in [2.45, 2.75) is 38.6 Å². The zero-order valence-electron chi connectivity index (χ0n) is 17.8. The van der Waals surface area contributed by atoms with Crippen LogP contribution in [0.5, 0.6) is 0 Å². The number of halogens is 1. The Kier molecular flexibility index (Phi) is 4.50. The van der Waals surface area contributed by atoms with Crippen LogP contribution >= 0.6 is 0 Å². The highest BCUT2D eigenvalue weighted by Gasteiger charge is 2.47. The van der Waals surface area contributed by atoms with Gasteiger partial charge in [0.15, 0.2) is 0 Å². The van der Waals surface area contributed by atoms with Crippen LogP contribution in [0, 0.1) is 18.7 Å². The van der Waals surface area contributed by atoms with E-state index in [4.69, 9.17) is 4.98 Å². The van der Waals surface area contributed by atoms with E-state index >= 15 is 0 Å². The minimum atomic E-state index is -0.682. The van der Waals surface area contributed by atoms with Crippen molar-refractivity contribution in [2.75, 3.05) is 11.4 Å². The summed E-state index contributed by atoms with van der Waals surface area (Å²) in [4.78, 5) is 28.7. The molecular formula is C24H24FN5O. The lowest BCUT2D eigenvalue weighted by Gasteiger charge is -2.32. The lowest BCUT2D eigenvalue weighted by molar-refractivity contribution is 0.0910. The van der Waals surface area contributed by atoms with Crippen molar-refractivity contribution in [1.82, 2.24) is 20.3 Å². The number of hydrogen-bond acceptors (Lipinski definition) is 5. The van der Waals surface area contributed by atoms with Crippen LogP contribution in [0.15, 0.2) is 48.7 Å². The quantitative estimate of drug-likeness (QED) is 0.688. The molecule has 0 bridgehead atoms. The zero-order chi connectivity index (χ0) is 21.8. The molecule has 1 saturated carbocycles.